The summed E-state index contributed by atoms with van der Waals surface area (Å²) in [6.07, 6.45) is 3.16. The first kappa shape index (κ1) is 15.3. The molecule has 2 aromatic rings. The number of benzene rings is 1. The average Bonchev–Trinajstić information content (AvgIpc) is 2.98. The van der Waals surface area contributed by atoms with Gasteiger partial charge < -0.3 is 14.1 Å². The van der Waals surface area contributed by atoms with Gasteiger partial charge >= 0.3 is 0 Å². The van der Waals surface area contributed by atoms with Crippen LogP contribution in [0.15, 0.2) is 28.7 Å². The Labute approximate surface area is 140 Å². The summed E-state index contributed by atoms with van der Waals surface area (Å²) in [6, 6.07) is 8.32. The molecule has 0 N–H and O–H groups in total. The topological polar surface area (TPSA) is 68.5 Å². The molecule has 24 heavy (non-hydrogen) atoms. The van der Waals surface area contributed by atoms with Crippen molar-refractivity contribution in [1.29, 1.82) is 0 Å². The van der Waals surface area contributed by atoms with Crippen LogP contribution >= 0.6 is 0 Å². The average molecular weight is 327 g/mol. The molecule has 2 aliphatic rings. The molecule has 1 aromatic carbocycles. The van der Waals surface area contributed by atoms with Crippen molar-refractivity contribution in [2.24, 2.45) is 0 Å². The van der Waals surface area contributed by atoms with Gasteiger partial charge in [0.05, 0.1) is 12.0 Å². The third-order valence-corrected chi connectivity index (χ3v) is 4.84. The minimum atomic E-state index is 0.00879. The molecule has 4 rings (SSSR count). The van der Waals surface area contributed by atoms with E-state index in [0.29, 0.717) is 31.5 Å². The van der Waals surface area contributed by atoms with Crippen LogP contribution in [0, 0.1) is 6.92 Å². The molecule has 6 heteroatoms. The monoisotopic (exact) mass is 327 g/mol. The summed E-state index contributed by atoms with van der Waals surface area (Å²) >= 11 is 0. The van der Waals surface area contributed by atoms with Gasteiger partial charge in [0, 0.05) is 20.0 Å². The maximum Gasteiger partial charge on any atom is 0.242 e. The summed E-state index contributed by atoms with van der Waals surface area (Å²) in [5.74, 6) is 1.26. The van der Waals surface area contributed by atoms with Gasteiger partial charge in [-0.3, -0.25) is 4.79 Å². The minimum Gasteiger partial charge on any atom is -0.423 e. The molecule has 1 fully saturated rings. The molecule has 1 aliphatic heterocycles. The summed E-state index contributed by atoms with van der Waals surface area (Å²) in [5, 5.41) is 7.68. The summed E-state index contributed by atoms with van der Waals surface area (Å²) in [7, 11) is 0. The molecule has 1 unspecified atom stereocenters. The molecular formula is C18H21N3O3. The highest BCUT2D eigenvalue weighted by molar-refractivity contribution is 5.85. The van der Waals surface area contributed by atoms with Gasteiger partial charge in [0.25, 0.3) is 0 Å². The van der Waals surface area contributed by atoms with E-state index in [2.05, 4.69) is 28.4 Å². The Bertz CT molecular complexity index is 737. The smallest absolute Gasteiger partial charge is 0.242 e. The molecule has 1 aliphatic carbocycles. The van der Waals surface area contributed by atoms with Crippen molar-refractivity contribution in [3.05, 3.63) is 47.2 Å². The number of rotatable bonds is 4. The fourth-order valence-electron chi connectivity index (χ4n) is 3.54. The third kappa shape index (κ3) is 2.94. The number of hydrogen-bond acceptors (Lipinski definition) is 5. The van der Waals surface area contributed by atoms with Crippen LogP contribution in [-0.2, 0) is 22.6 Å². The predicted octanol–water partition coefficient (Wildman–Crippen LogP) is 2.23. The van der Waals surface area contributed by atoms with Crippen molar-refractivity contribution < 1.29 is 13.9 Å². The summed E-state index contributed by atoms with van der Waals surface area (Å²) < 4.78 is 11.0. The van der Waals surface area contributed by atoms with Crippen molar-refractivity contribution in [2.75, 3.05) is 13.1 Å². The highest BCUT2D eigenvalue weighted by atomic mass is 16.5. The Morgan fingerprint density at radius 2 is 2.17 bits per heavy atom. The number of hydrogen-bond donors (Lipinski definition) is 0. The van der Waals surface area contributed by atoms with Crippen LogP contribution in [-0.4, -0.2) is 40.2 Å². The second-order valence-corrected chi connectivity index (χ2v) is 6.53. The standard InChI is InChI=1S/C18H21N3O3/c1-12-19-20-17(24-12)11-23-14-9-21(10-14)18(22)16-8-4-6-13-5-2-3-7-15(13)16/h2-3,5,7,14,16H,4,6,8-11H2,1H3. The van der Waals surface area contributed by atoms with E-state index in [4.69, 9.17) is 9.15 Å². The van der Waals surface area contributed by atoms with E-state index in [1.807, 2.05) is 11.0 Å². The van der Waals surface area contributed by atoms with Crippen molar-refractivity contribution in [3.63, 3.8) is 0 Å². The third-order valence-electron chi connectivity index (χ3n) is 4.84. The second kappa shape index (κ2) is 6.36. The molecule has 0 bridgehead atoms. The van der Waals surface area contributed by atoms with Crippen molar-refractivity contribution in [1.82, 2.24) is 15.1 Å². The largest absolute Gasteiger partial charge is 0.423 e. The summed E-state index contributed by atoms with van der Waals surface area (Å²) in [4.78, 5) is 14.7. The summed E-state index contributed by atoms with van der Waals surface area (Å²) in [5.41, 5.74) is 2.53. The zero-order valence-corrected chi connectivity index (χ0v) is 13.8. The summed E-state index contributed by atoms with van der Waals surface area (Å²) in [6.45, 7) is 3.34. The molecule has 2 heterocycles. The van der Waals surface area contributed by atoms with E-state index < -0.39 is 0 Å². The van der Waals surface area contributed by atoms with E-state index in [-0.39, 0.29) is 17.9 Å². The number of fused-ring (bicyclic) bond motifs is 1. The number of amides is 1. The quantitative estimate of drug-likeness (QED) is 0.861. The first-order valence-corrected chi connectivity index (χ1v) is 8.48. The van der Waals surface area contributed by atoms with Crippen LogP contribution in [0.25, 0.3) is 0 Å². The number of likely N-dealkylation sites (tertiary alicyclic amines) is 1. The van der Waals surface area contributed by atoms with Gasteiger partial charge in [-0.05, 0) is 30.4 Å². The van der Waals surface area contributed by atoms with Gasteiger partial charge in [-0.1, -0.05) is 24.3 Å². The van der Waals surface area contributed by atoms with E-state index in [0.717, 1.165) is 19.3 Å². The first-order valence-electron chi connectivity index (χ1n) is 8.48. The molecule has 1 aromatic heterocycles. The van der Waals surface area contributed by atoms with Gasteiger partial charge in [0.2, 0.25) is 17.7 Å². The maximum absolute atomic E-state index is 12.8. The Kier molecular flexibility index (Phi) is 4.06. The van der Waals surface area contributed by atoms with Crippen LogP contribution in [0.3, 0.4) is 0 Å². The van der Waals surface area contributed by atoms with Gasteiger partial charge in [0.15, 0.2) is 0 Å². The highest BCUT2D eigenvalue weighted by Crippen LogP contribution is 2.34. The maximum atomic E-state index is 12.8. The molecule has 0 saturated carbocycles. The van der Waals surface area contributed by atoms with Gasteiger partial charge in [-0.2, -0.15) is 0 Å². The minimum absolute atomic E-state index is 0.00879. The Balaban J connectivity index is 1.32. The first-order chi connectivity index (χ1) is 11.7. The van der Waals surface area contributed by atoms with Crippen LogP contribution in [0.2, 0.25) is 0 Å². The van der Waals surface area contributed by atoms with E-state index >= 15 is 0 Å². The lowest BCUT2D eigenvalue weighted by molar-refractivity contribution is -0.148. The van der Waals surface area contributed by atoms with E-state index in [1.165, 1.54) is 11.1 Å². The number of carbonyl (C=O) groups excluding carboxylic acids is 1. The SMILES string of the molecule is Cc1nnc(COC2CN(C(=O)C3CCCc4ccccc43)C2)o1. The second-order valence-electron chi connectivity index (χ2n) is 6.53. The highest BCUT2D eigenvalue weighted by Gasteiger charge is 2.37. The molecule has 1 amide bonds. The Hall–Kier alpha value is -2.21. The van der Waals surface area contributed by atoms with Gasteiger partial charge in [0.1, 0.15) is 6.61 Å². The molecule has 126 valence electrons. The van der Waals surface area contributed by atoms with Crippen molar-refractivity contribution >= 4 is 5.91 Å². The fourth-order valence-corrected chi connectivity index (χ4v) is 3.54. The molecule has 0 spiro atoms. The van der Waals surface area contributed by atoms with E-state index in [1.54, 1.807) is 6.92 Å². The molecule has 1 atom stereocenters. The molecule has 1 saturated heterocycles. The zero-order chi connectivity index (χ0) is 16.5. The van der Waals surface area contributed by atoms with Crippen molar-refractivity contribution in [3.8, 4) is 0 Å². The number of nitrogens with zero attached hydrogens (tertiary/aromatic N) is 3. The number of aromatic nitrogens is 2. The number of aryl methyl sites for hydroxylation is 2. The molecule has 6 nitrogen and oxygen atoms in total. The van der Waals surface area contributed by atoms with Crippen LogP contribution in [0.4, 0.5) is 0 Å². The predicted molar refractivity (Wildman–Crippen MR) is 86.3 cm³/mol. The van der Waals surface area contributed by atoms with Crippen LogP contribution in [0.1, 0.15) is 41.7 Å². The lowest BCUT2D eigenvalue weighted by Gasteiger charge is -2.41. The Morgan fingerprint density at radius 3 is 2.96 bits per heavy atom. The molecule has 0 radical (unpaired) electrons. The Morgan fingerprint density at radius 1 is 1.33 bits per heavy atom. The fraction of sp³-hybridized carbons (Fsp3) is 0.500. The number of carbonyl (C=O) groups is 1. The normalized spacial score (nSPS) is 20.5. The lowest BCUT2D eigenvalue weighted by Crippen LogP contribution is -2.56. The molecular weight excluding hydrogens is 306 g/mol. The van der Waals surface area contributed by atoms with Crippen LogP contribution in [0.5, 0.6) is 0 Å². The van der Waals surface area contributed by atoms with E-state index in [9.17, 15) is 4.79 Å². The van der Waals surface area contributed by atoms with Crippen molar-refractivity contribution in [2.45, 2.75) is 44.8 Å². The lowest BCUT2D eigenvalue weighted by atomic mass is 9.81. The number of ether oxygens (including phenoxy) is 1. The van der Waals surface area contributed by atoms with Crippen LogP contribution < -0.4 is 0 Å². The zero-order valence-electron chi connectivity index (χ0n) is 13.8. The van der Waals surface area contributed by atoms with Gasteiger partial charge in [-0.25, -0.2) is 0 Å². The van der Waals surface area contributed by atoms with Gasteiger partial charge in [-0.15, -0.1) is 10.2 Å².